The second-order valence-electron chi connectivity index (χ2n) is 6.96. The topological polar surface area (TPSA) is 55.2 Å². The summed E-state index contributed by atoms with van der Waals surface area (Å²) in [6.07, 6.45) is 0. The molecule has 1 fully saturated rings. The minimum Gasteiger partial charge on any atom is -0.497 e. The molecule has 28 heavy (non-hydrogen) atoms. The van der Waals surface area contributed by atoms with Gasteiger partial charge in [0.2, 0.25) is 0 Å². The first-order chi connectivity index (χ1) is 13.5. The van der Waals surface area contributed by atoms with E-state index in [-0.39, 0.29) is 5.91 Å². The first kappa shape index (κ1) is 20.3. The fraction of sp³-hybridized carbons (Fsp3) is 0.381. The average molecular weight is 405 g/mol. The smallest absolute Gasteiger partial charge is 0.279 e. The van der Waals surface area contributed by atoms with E-state index in [1.54, 1.807) is 32.4 Å². The van der Waals surface area contributed by atoms with Crippen molar-refractivity contribution >= 4 is 28.9 Å². The highest BCUT2D eigenvalue weighted by Crippen LogP contribution is 2.29. The molecule has 0 bridgehead atoms. The van der Waals surface area contributed by atoms with Crippen molar-refractivity contribution in [2.75, 3.05) is 57.2 Å². The maximum atomic E-state index is 12.5. The van der Waals surface area contributed by atoms with Crippen LogP contribution in [0, 0.1) is 6.92 Å². The third-order valence-corrected chi connectivity index (χ3v) is 5.31. The molecule has 7 heteroatoms. The minimum absolute atomic E-state index is 0.0224. The maximum Gasteiger partial charge on any atom is 0.279 e. The molecule has 150 valence electrons. The van der Waals surface area contributed by atoms with Crippen molar-refractivity contribution in [2.24, 2.45) is 0 Å². The van der Waals surface area contributed by atoms with Gasteiger partial charge in [0, 0.05) is 16.8 Å². The first-order valence-electron chi connectivity index (χ1n) is 9.36. The molecule has 2 aromatic carbocycles. The monoisotopic (exact) mass is 404 g/mol. The van der Waals surface area contributed by atoms with Crippen molar-refractivity contribution in [3.05, 3.63) is 47.0 Å². The van der Waals surface area contributed by atoms with Crippen molar-refractivity contribution in [3.8, 4) is 11.5 Å². The summed E-state index contributed by atoms with van der Waals surface area (Å²) in [7, 11) is 3.17. The van der Waals surface area contributed by atoms with Crippen LogP contribution in [0.2, 0.25) is 5.02 Å². The van der Waals surface area contributed by atoms with Crippen molar-refractivity contribution in [3.63, 3.8) is 0 Å². The third kappa shape index (κ3) is 4.88. The number of amides is 1. The van der Waals surface area contributed by atoms with Gasteiger partial charge in [0.15, 0.2) is 6.54 Å². The lowest BCUT2D eigenvalue weighted by Crippen LogP contribution is -3.15. The Hall–Kier alpha value is -2.44. The second-order valence-corrected chi connectivity index (χ2v) is 7.40. The number of benzene rings is 2. The maximum absolute atomic E-state index is 12.5. The van der Waals surface area contributed by atoms with E-state index in [1.165, 1.54) is 16.2 Å². The largest absolute Gasteiger partial charge is 0.497 e. The summed E-state index contributed by atoms with van der Waals surface area (Å²) in [5.41, 5.74) is 3.05. The molecule has 1 aliphatic rings. The van der Waals surface area contributed by atoms with Gasteiger partial charge in [0.05, 0.1) is 46.1 Å². The minimum atomic E-state index is -0.0224. The highest BCUT2D eigenvalue weighted by Gasteiger charge is 2.23. The van der Waals surface area contributed by atoms with Crippen LogP contribution in [0.3, 0.4) is 0 Å². The summed E-state index contributed by atoms with van der Waals surface area (Å²) in [5, 5.41) is 3.70. The Labute approximate surface area is 171 Å². The molecule has 3 rings (SSSR count). The number of nitrogens with one attached hydrogen (secondary N) is 2. The van der Waals surface area contributed by atoms with Gasteiger partial charge in [-0.3, -0.25) is 4.79 Å². The summed E-state index contributed by atoms with van der Waals surface area (Å²) >= 11 is 6.15. The van der Waals surface area contributed by atoms with E-state index in [4.69, 9.17) is 21.1 Å². The fourth-order valence-corrected chi connectivity index (χ4v) is 3.65. The lowest BCUT2D eigenvalue weighted by Gasteiger charge is -2.34. The van der Waals surface area contributed by atoms with Gasteiger partial charge in [-0.05, 0) is 36.8 Å². The molecule has 2 N–H and O–H groups in total. The number of methoxy groups -OCH3 is 2. The van der Waals surface area contributed by atoms with Gasteiger partial charge >= 0.3 is 0 Å². The molecule has 0 spiro atoms. The first-order valence-corrected chi connectivity index (χ1v) is 9.74. The molecule has 0 saturated carbocycles. The van der Waals surface area contributed by atoms with Crippen LogP contribution in [0.15, 0.2) is 36.4 Å². The number of hydrogen-bond donors (Lipinski definition) is 2. The van der Waals surface area contributed by atoms with Crippen molar-refractivity contribution in [1.82, 2.24) is 0 Å². The number of piperazine rings is 1. The highest BCUT2D eigenvalue weighted by molar-refractivity contribution is 6.30. The number of quaternary nitrogens is 1. The Morgan fingerprint density at radius 3 is 2.57 bits per heavy atom. The Balaban J connectivity index is 1.55. The number of anilines is 2. The zero-order chi connectivity index (χ0) is 20.1. The van der Waals surface area contributed by atoms with Crippen LogP contribution in [0.4, 0.5) is 11.4 Å². The van der Waals surface area contributed by atoms with Crippen molar-refractivity contribution in [1.29, 1.82) is 0 Å². The van der Waals surface area contributed by atoms with E-state index in [0.29, 0.717) is 23.7 Å². The van der Waals surface area contributed by atoms with Crippen LogP contribution in [0.25, 0.3) is 0 Å². The molecule has 2 aromatic rings. The van der Waals surface area contributed by atoms with Gasteiger partial charge in [-0.15, -0.1) is 0 Å². The SMILES string of the molecule is COc1ccc(NC(=O)C[NH+]2CCN(c3cc(Cl)ccc3C)CC2)c(OC)c1. The number of rotatable bonds is 6. The lowest BCUT2D eigenvalue weighted by atomic mass is 10.1. The molecule has 0 aliphatic carbocycles. The number of carbonyl (C=O) groups is 1. The Bertz CT molecular complexity index is 836. The van der Waals surface area contributed by atoms with Gasteiger partial charge in [0.1, 0.15) is 11.5 Å². The van der Waals surface area contributed by atoms with Crippen LogP contribution < -0.4 is 24.6 Å². The molecular formula is C21H27ClN3O3+. The molecular weight excluding hydrogens is 378 g/mol. The van der Waals surface area contributed by atoms with E-state index >= 15 is 0 Å². The van der Waals surface area contributed by atoms with Gasteiger partial charge in [-0.1, -0.05) is 17.7 Å². The van der Waals surface area contributed by atoms with Crippen LogP contribution in [0.1, 0.15) is 5.56 Å². The predicted molar refractivity (Wildman–Crippen MR) is 112 cm³/mol. The molecule has 0 radical (unpaired) electrons. The Kier molecular flexibility index (Phi) is 6.65. The zero-order valence-corrected chi connectivity index (χ0v) is 17.3. The number of halogens is 1. The summed E-state index contributed by atoms with van der Waals surface area (Å²) in [6.45, 7) is 6.13. The molecule has 1 aliphatic heterocycles. The second kappa shape index (κ2) is 9.17. The normalized spacial score (nSPS) is 14.6. The summed E-state index contributed by atoms with van der Waals surface area (Å²) < 4.78 is 10.5. The molecule has 0 aromatic heterocycles. The quantitative estimate of drug-likeness (QED) is 0.773. The van der Waals surface area contributed by atoms with Gasteiger partial charge in [0.25, 0.3) is 5.91 Å². The van der Waals surface area contributed by atoms with Crippen molar-refractivity contribution < 1.29 is 19.2 Å². The van der Waals surface area contributed by atoms with E-state index in [1.807, 2.05) is 18.2 Å². The molecule has 1 heterocycles. The van der Waals surface area contributed by atoms with E-state index in [9.17, 15) is 4.79 Å². The number of carbonyl (C=O) groups excluding carboxylic acids is 1. The summed E-state index contributed by atoms with van der Waals surface area (Å²) in [6, 6.07) is 11.3. The van der Waals surface area contributed by atoms with Crippen LogP contribution in [-0.4, -0.2) is 52.9 Å². The van der Waals surface area contributed by atoms with Gasteiger partial charge < -0.3 is 24.6 Å². The lowest BCUT2D eigenvalue weighted by molar-refractivity contribution is -0.892. The highest BCUT2D eigenvalue weighted by atomic mass is 35.5. The summed E-state index contributed by atoms with van der Waals surface area (Å²) in [4.78, 5) is 16.1. The predicted octanol–water partition coefficient (Wildman–Crippen LogP) is 2.01. The summed E-state index contributed by atoms with van der Waals surface area (Å²) in [5.74, 6) is 1.25. The zero-order valence-electron chi connectivity index (χ0n) is 16.5. The number of aryl methyl sites for hydroxylation is 1. The van der Waals surface area contributed by atoms with Gasteiger partial charge in [-0.2, -0.15) is 0 Å². The third-order valence-electron chi connectivity index (χ3n) is 5.08. The number of nitrogens with zero attached hydrogens (tertiary/aromatic N) is 1. The van der Waals surface area contributed by atoms with E-state index < -0.39 is 0 Å². The average Bonchev–Trinajstić information content (AvgIpc) is 2.70. The Morgan fingerprint density at radius 1 is 1.14 bits per heavy atom. The molecule has 1 saturated heterocycles. The molecule has 0 unspecified atom stereocenters. The van der Waals surface area contributed by atoms with Crippen LogP contribution in [-0.2, 0) is 4.79 Å². The van der Waals surface area contributed by atoms with Crippen molar-refractivity contribution in [2.45, 2.75) is 6.92 Å². The molecule has 6 nitrogen and oxygen atoms in total. The fourth-order valence-electron chi connectivity index (χ4n) is 3.49. The number of hydrogen-bond acceptors (Lipinski definition) is 4. The van der Waals surface area contributed by atoms with E-state index in [2.05, 4.69) is 17.1 Å². The number of ether oxygens (including phenoxy) is 2. The molecule has 0 atom stereocenters. The van der Waals surface area contributed by atoms with Crippen LogP contribution in [0.5, 0.6) is 11.5 Å². The molecule has 1 amide bonds. The van der Waals surface area contributed by atoms with Crippen LogP contribution >= 0.6 is 11.6 Å². The standard InChI is InChI=1S/C21H26ClN3O3/c1-15-4-5-16(22)12-19(15)25-10-8-24(9-11-25)14-21(26)23-18-7-6-17(27-2)13-20(18)28-3/h4-7,12-13H,8-11,14H2,1-3H3,(H,23,26)/p+1. The van der Waals surface area contributed by atoms with Gasteiger partial charge in [-0.25, -0.2) is 0 Å². The van der Waals surface area contributed by atoms with E-state index in [0.717, 1.165) is 31.2 Å². The Morgan fingerprint density at radius 2 is 1.89 bits per heavy atom.